The van der Waals surface area contributed by atoms with Crippen LogP contribution in [0.25, 0.3) is 5.57 Å². The molecule has 300 valence electrons. The molecule has 3 fully saturated rings. The zero-order valence-corrected chi connectivity index (χ0v) is 31.3. The highest BCUT2D eigenvalue weighted by Gasteiger charge is 2.44. The van der Waals surface area contributed by atoms with E-state index in [1.54, 1.807) is 20.3 Å². The number of halogens is 3. The van der Waals surface area contributed by atoms with Crippen molar-refractivity contribution in [1.29, 1.82) is 0 Å². The van der Waals surface area contributed by atoms with Crippen LogP contribution in [-0.2, 0) is 27.3 Å². The topological polar surface area (TPSA) is 150 Å². The number of hydrogen-bond acceptors (Lipinski definition) is 9. The number of carbonyl (C=O) groups is 3. The number of rotatable bonds is 13. The monoisotopic (exact) mass is 780 g/mol. The Morgan fingerprint density at radius 2 is 1.64 bits per heavy atom. The Bertz CT molecular complexity index is 1900. The standard InChI is InChI=1S/C40H45F3N4O6.CH2O2/c1-51-29-14-24(15-30(18-29)52-2)20-47(27-9-10-27)40(50)36-31(16-26-21-46(22-35(36)45-26)39(49)34-17-28(48)19-44-34)25-7-5-23(6-8-25)4-3-13-53-38-33(42)12-11-32(41)37(38)43;2-1-3/h5-8,11-12,14-15,18,26-28,34-35,44-45,48H,3-4,9-10,13,16-17,19-22H2,1-2H3;1H,(H,2,3)/t26-,28+,34?,35-;/m0./s1. The van der Waals surface area contributed by atoms with E-state index in [1.807, 2.05) is 46.2 Å². The fourth-order valence-electron chi connectivity index (χ4n) is 7.70. The van der Waals surface area contributed by atoms with Crippen molar-refractivity contribution in [2.45, 2.75) is 75.3 Å². The number of piperazine rings is 1. The number of β-amino-alcohol motifs (C(OH)–C–C–N with tert-alkyl or cyclic N) is 1. The molecular weight excluding hydrogens is 733 g/mol. The smallest absolute Gasteiger partial charge is 0.290 e. The number of ether oxygens (including phenoxy) is 3. The summed E-state index contributed by atoms with van der Waals surface area (Å²) < 4.78 is 57.8. The van der Waals surface area contributed by atoms with Crippen molar-refractivity contribution in [2.24, 2.45) is 0 Å². The van der Waals surface area contributed by atoms with Gasteiger partial charge in [0.25, 0.3) is 12.4 Å². The maximum absolute atomic E-state index is 14.9. The Hall–Kier alpha value is -5.12. The second kappa shape index (κ2) is 18.2. The van der Waals surface area contributed by atoms with Crippen LogP contribution < -0.4 is 24.8 Å². The third-order valence-electron chi connectivity index (χ3n) is 10.5. The molecule has 15 heteroatoms. The van der Waals surface area contributed by atoms with Crippen molar-refractivity contribution >= 4 is 23.9 Å². The lowest BCUT2D eigenvalue weighted by Gasteiger charge is -2.45. The molecule has 4 aliphatic rings. The van der Waals surface area contributed by atoms with E-state index in [2.05, 4.69) is 10.6 Å². The van der Waals surface area contributed by atoms with Crippen LogP contribution in [0.15, 0.2) is 60.2 Å². The number of aliphatic hydroxyl groups is 1. The average Bonchev–Trinajstić information content (AvgIpc) is 3.95. The molecule has 2 amide bonds. The molecule has 7 rings (SSSR count). The van der Waals surface area contributed by atoms with Crippen molar-refractivity contribution in [3.05, 3.63) is 94.3 Å². The number of fused-ring (bicyclic) bond motifs is 2. The normalized spacial score (nSPS) is 21.5. The Balaban J connectivity index is 0.00000172. The van der Waals surface area contributed by atoms with Crippen molar-refractivity contribution in [2.75, 3.05) is 40.5 Å². The first-order chi connectivity index (χ1) is 27.0. The van der Waals surface area contributed by atoms with E-state index >= 15 is 0 Å². The molecule has 56 heavy (non-hydrogen) atoms. The number of nitrogens with zero attached hydrogens (tertiary/aromatic N) is 2. The lowest BCUT2D eigenvalue weighted by atomic mass is 9.82. The molecule has 3 aromatic rings. The van der Waals surface area contributed by atoms with E-state index in [-0.39, 0.29) is 37.0 Å². The van der Waals surface area contributed by atoms with Gasteiger partial charge in [-0.1, -0.05) is 24.3 Å². The molecule has 3 heterocycles. The lowest BCUT2D eigenvalue weighted by Crippen LogP contribution is -2.63. The fraction of sp³-hybridized carbons (Fsp3) is 0.439. The minimum atomic E-state index is -1.34. The van der Waals surface area contributed by atoms with Gasteiger partial charge in [-0.15, -0.1) is 0 Å². The summed E-state index contributed by atoms with van der Waals surface area (Å²) in [5, 5.41) is 23.8. The first kappa shape index (κ1) is 40.5. The number of nitrogens with one attached hydrogen (secondary N) is 2. The molecular formula is C41H47F3N4O8. The van der Waals surface area contributed by atoms with Gasteiger partial charge in [0.15, 0.2) is 17.4 Å². The van der Waals surface area contributed by atoms with Crippen LogP contribution in [0.4, 0.5) is 13.2 Å². The van der Waals surface area contributed by atoms with Gasteiger partial charge in [0.1, 0.15) is 11.5 Å². The Labute approximate surface area is 323 Å². The SMILES string of the molecule is COc1cc(CN(C(=O)C2=C(c3ccc(CCCOc4c(F)ccc(F)c4F)cc3)C[C@H]3CN(C(=O)C4C[C@@H](O)CN4)C[C@@H]2N3)C2CC2)cc(OC)c1.O=CO. The van der Waals surface area contributed by atoms with E-state index < -0.39 is 41.4 Å². The van der Waals surface area contributed by atoms with Gasteiger partial charge in [0.2, 0.25) is 11.7 Å². The molecule has 3 aliphatic heterocycles. The molecule has 0 radical (unpaired) electrons. The van der Waals surface area contributed by atoms with Gasteiger partial charge < -0.3 is 44.9 Å². The number of hydrogen-bond donors (Lipinski definition) is 4. The summed E-state index contributed by atoms with van der Waals surface area (Å²) in [6.07, 6.45) is 3.12. The van der Waals surface area contributed by atoms with E-state index in [0.717, 1.165) is 47.2 Å². The molecule has 0 spiro atoms. The van der Waals surface area contributed by atoms with Gasteiger partial charge in [-0.25, -0.2) is 8.78 Å². The number of carbonyl (C=O) groups excluding carboxylic acids is 2. The van der Waals surface area contributed by atoms with E-state index in [1.165, 1.54) is 0 Å². The second-order valence-electron chi connectivity index (χ2n) is 14.4. The molecule has 2 saturated heterocycles. The predicted molar refractivity (Wildman–Crippen MR) is 200 cm³/mol. The highest BCUT2D eigenvalue weighted by atomic mass is 19.2. The van der Waals surface area contributed by atoms with Gasteiger partial charge in [-0.2, -0.15) is 4.39 Å². The zero-order valence-electron chi connectivity index (χ0n) is 31.3. The molecule has 1 unspecified atom stereocenters. The fourth-order valence-corrected chi connectivity index (χ4v) is 7.70. The summed E-state index contributed by atoms with van der Waals surface area (Å²) in [4.78, 5) is 40.6. The van der Waals surface area contributed by atoms with Gasteiger partial charge in [-0.3, -0.25) is 14.4 Å². The van der Waals surface area contributed by atoms with Gasteiger partial charge in [-0.05, 0) is 85.1 Å². The molecule has 12 nitrogen and oxygen atoms in total. The number of carboxylic acid groups (broad SMARTS) is 1. The van der Waals surface area contributed by atoms with Crippen LogP contribution in [0.5, 0.6) is 17.2 Å². The first-order valence-corrected chi connectivity index (χ1v) is 18.7. The van der Waals surface area contributed by atoms with Crippen LogP contribution in [0, 0.1) is 17.5 Å². The molecule has 1 saturated carbocycles. The van der Waals surface area contributed by atoms with Crippen molar-refractivity contribution in [1.82, 2.24) is 20.4 Å². The predicted octanol–water partition coefficient (Wildman–Crippen LogP) is 4.07. The number of methoxy groups -OCH3 is 2. The Kier molecular flexibility index (Phi) is 13.2. The summed E-state index contributed by atoms with van der Waals surface area (Å²) in [6, 6.07) is 14.3. The van der Waals surface area contributed by atoms with Crippen LogP contribution in [0.3, 0.4) is 0 Å². The van der Waals surface area contributed by atoms with Crippen LogP contribution >= 0.6 is 0 Å². The summed E-state index contributed by atoms with van der Waals surface area (Å²) in [5.41, 5.74) is 4.33. The minimum absolute atomic E-state index is 0.00139. The van der Waals surface area contributed by atoms with E-state index in [9.17, 15) is 27.9 Å². The largest absolute Gasteiger partial charge is 0.497 e. The van der Waals surface area contributed by atoms with Crippen molar-refractivity contribution in [3.63, 3.8) is 0 Å². The highest BCUT2D eigenvalue weighted by molar-refractivity contribution is 6.03. The van der Waals surface area contributed by atoms with Gasteiger partial charge >= 0.3 is 0 Å². The van der Waals surface area contributed by atoms with E-state index in [0.29, 0.717) is 68.9 Å². The third kappa shape index (κ3) is 9.45. The number of benzene rings is 3. The molecule has 0 aromatic heterocycles. The first-order valence-electron chi connectivity index (χ1n) is 18.7. The number of aliphatic hydroxyl groups excluding tert-OH is 1. The second-order valence-corrected chi connectivity index (χ2v) is 14.4. The maximum atomic E-state index is 14.9. The van der Waals surface area contributed by atoms with Crippen LogP contribution in [0.1, 0.15) is 48.8 Å². The highest BCUT2D eigenvalue weighted by Crippen LogP contribution is 2.38. The number of aryl methyl sites for hydroxylation is 1. The summed E-state index contributed by atoms with van der Waals surface area (Å²) >= 11 is 0. The molecule has 1 aliphatic carbocycles. The number of amides is 2. The van der Waals surface area contributed by atoms with Crippen LogP contribution in [0.2, 0.25) is 0 Å². The van der Waals surface area contributed by atoms with Crippen molar-refractivity contribution < 1.29 is 52.0 Å². The molecule has 3 aromatic carbocycles. The zero-order chi connectivity index (χ0) is 39.9. The summed E-state index contributed by atoms with van der Waals surface area (Å²) in [7, 11) is 3.19. The van der Waals surface area contributed by atoms with Crippen LogP contribution in [-0.4, -0.2) is 109 Å². The van der Waals surface area contributed by atoms with Crippen molar-refractivity contribution in [3.8, 4) is 17.2 Å². The van der Waals surface area contributed by atoms with E-state index in [4.69, 9.17) is 24.1 Å². The summed E-state index contributed by atoms with van der Waals surface area (Å²) in [6.45, 7) is 1.29. The Morgan fingerprint density at radius 3 is 2.27 bits per heavy atom. The van der Waals surface area contributed by atoms with Gasteiger partial charge in [0.05, 0.1) is 39.0 Å². The minimum Gasteiger partial charge on any atom is -0.497 e. The average molecular weight is 781 g/mol. The van der Waals surface area contributed by atoms with Gasteiger partial charge in [0, 0.05) is 49.9 Å². The maximum Gasteiger partial charge on any atom is 0.290 e. The molecule has 4 N–H and O–H groups in total. The summed E-state index contributed by atoms with van der Waals surface area (Å²) in [5.74, 6) is -3.06. The quantitative estimate of drug-likeness (QED) is 0.114. The Morgan fingerprint density at radius 1 is 0.964 bits per heavy atom. The lowest BCUT2D eigenvalue weighted by molar-refractivity contribution is -0.136. The molecule has 4 atom stereocenters. The third-order valence-corrected chi connectivity index (χ3v) is 10.5. The molecule has 2 bridgehead atoms.